The van der Waals surface area contributed by atoms with Gasteiger partial charge in [-0.05, 0) is 29.5 Å². The van der Waals surface area contributed by atoms with E-state index in [0.29, 0.717) is 5.69 Å². The molecule has 3 heterocycles. The van der Waals surface area contributed by atoms with E-state index in [0.717, 1.165) is 43.7 Å². The average Bonchev–Trinajstić information content (AvgIpc) is 2.94. The normalized spacial score (nSPS) is 16.6. The molecule has 130 valence electrons. The zero-order valence-corrected chi connectivity index (χ0v) is 14.0. The van der Waals surface area contributed by atoms with Crippen LogP contribution in [-0.2, 0) is 19.6 Å². The molecule has 0 unspecified atom stereocenters. The average molecular weight is 338 g/mol. The molecule has 25 heavy (non-hydrogen) atoms. The van der Waals surface area contributed by atoms with Crippen LogP contribution in [0.2, 0.25) is 0 Å². The number of aryl methyl sites for hydroxylation is 1. The first-order chi connectivity index (χ1) is 12.2. The van der Waals surface area contributed by atoms with Crippen LogP contribution in [0, 0.1) is 0 Å². The Balaban J connectivity index is 1.58. The molecule has 1 aliphatic rings. The number of hydrogen-bond donors (Lipinski definition) is 2. The Bertz CT molecular complexity index is 871. The first-order valence-corrected chi connectivity index (χ1v) is 8.64. The quantitative estimate of drug-likeness (QED) is 0.760. The molecule has 0 spiro atoms. The molecule has 0 aliphatic carbocycles. The highest BCUT2D eigenvalue weighted by atomic mass is 16.3. The molecule has 3 aromatic rings. The van der Waals surface area contributed by atoms with Gasteiger partial charge in [-0.15, -0.1) is 0 Å². The van der Waals surface area contributed by atoms with E-state index in [1.165, 1.54) is 10.9 Å². The molecule has 0 radical (unpaired) electrons. The van der Waals surface area contributed by atoms with Crippen LogP contribution in [-0.4, -0.2) is 43.0 Å². The van der Waals surface area contributed by atoms with E-state index in [2.05, 4.69) is 39.2 Å². The highest BCUT2D eigenvalue weighted by Crippen LogP contribution is 2.22. The van der Waals surface area contributed by atoms with E-state index in [9.17, 15) is 5.11 Å². The van der Waals surface area contributed by atoms with Crippen LogP contribution in [0.3, 0.4) is 0 Å². The van der Waals surface area contributed by atoms with Gasteiger partial charge in [0.2, 0.25) is 0 Å². The predicted molar refractivity (Wildman–Crippen MR) is 94.7 cm³/mol. The molecule has 2 N–H and O–H groups in total. The summed E-state index contributed by atoms with van der Waals surface area (Å²) in [4.78, 5) is 6.61. The summed E-state index contributed by atoms with van der Waals surface area (Å²) in [6, 6.07) is 10.3. The fraction of sp³-hybridized carbons (Fsp3) is 0.368. The Morgan fingerprint density at radius 2 is 2.12 bits per heavy atom. The van der Waals surface area contributed by atoms with Crippen molar-refractivity contribution in [1.82, 2.24) is 19.7 Å². The molecular weight excluding hydrogens is 316 g/mol. The Labute approximate surface area is 146 Å². The van der Waals surface area contributed by atoms with Crippen molar-refractivity contribution in [3.05, 3.63) is 59.7 Å². The molecule has 0 bridgehead atoms. The van der Waals surface area contributed by atoms with E-state index in [-0.39, 0.29) is 6.61 Å². The highest BCUT2D eigenvalue weighted by Gasteiger charge is 2.20. The fourth-order valence-electron chi connectivity index (χ4n) is 3.51. The number of aromatic nitrogens is 3. The van der Waals surface area contributed by atoms with Crippen LogP contribution in [0.1, 0.15) is 29.5 Å². The summed E-state index contributed by atoms with van der Waals surface area (Å²) in [7, 11) is 0. The number of nitrogens with zero attached hydrogens (tertiary/aromatic N) is 4. The van der Waals surface area contributed by atoms with E-state index in [4.69, 9.17) is 5.11 Å². The molecule has 0 saturated heterocycles. The van der Waals surface area contributed by atoms with Crippen LogP contribution in [0.15, 0.2) is 42.7 Å². The van der Waals surface area contributed by atoms with Crippen molar-refractivity contribution in [2.45, 2.75) is 32.2 Å². The van der Waals surface area contributed by atoms with Gasteiger partial charge in [0, 0.05) is 44.0 Å². The minimum absolute atomic E-state index is 0.301. The zero-order valence-electron chi connectivity index (χ0n) is 14.0. The summed E-state index contributed by atoms with van der Waals surface area (Å²) < 4.78 is 1.96. The maximum atomic E-state index is 9.82. The number of aliphatic hydroxyl groups is 2. The molecule has 0 amide bonds. The van der Waals surface area contributed by atoms with Gasteiger partial charge in [-0.25, -0.2) is 0 Å². The number of pyridine rings is 1. The third-order valence-corrected chi connectivity index (χ3v) is 4.79. The second kappa shape index (κ2) is 6.92. The van der Waals surface area contributed by atoms with Crippen LogP contribution < -0.4 is 0 Å². The lowest BCUT2D eigenvalue weighted by Crippen LogP contribution is -2.22. The van der Waals surface area contributed by atoms with E-state index in [1.807, 2.05) is 23.1 Å². The van der Waals surface area contributed by atoms with Gasteiger partial charge in [0.15, 0.2) is 0 Å². The van der Waals surface area contributed by atoms with Gasteiger partial charge in [-0.1, -0.05) is 18.2 Å². The van der Waals surface area contributed by atoms with Gasteiger partial charge in [-0.2, -0.15) is 5.10 Å². The first-order valence-electron chi connectivity index (χ1n) is 8.64. The van der Waals surface area contributed by atoms with Crippen LogP contribution >= 0.6 is 0 Å². The van der Waals surface area contributed by atoms with Crippen LogP contribution in [0.4, 0.5) is 0 Å². The smallest absolute Gasteiger partial charge is 0.121 e. The van der Waals surface area contributed by atoms with Crippen molar-refractivity contribution in [2.24, 2.45) is 0 Å². The van der Waals surface area contributed by atoms with Gasteiger partial charge in [-0.3, -0.25) is 14.6 Å². The largest absolute Gasteiger partial charge is 0.393 e. The monoisotopic (exact) mass is 338 g/mol. The van der Waals surface area contributed by atoms with Crippen molar-refractivity contribution in [2.75, 3.05) is 13.2 Å². The SMILES string of the molecule is OC[C@@H](O)c1cc2n(n1)CCCN(Cc1cccc3cnccc13)C2. The van der Waals surface area contributed by atoms with Crippen LogP contribution in [0.5, 0.6) is 0 Å². The topological polar surface area (TPSA) is 74.4 Å². The molecule has 2 aromatic heterocycles. The molecule has 1 aliphatic heterocycles. The van der Waals surface area contributed by atoms with Crippen molar-refractivity contribution in [3.63, 3.8) is 0 Å². The fourth-order valence-corrected chi connectivity index (χ4v) is 3.51. The zero-order chi connectivity index (χ0) is 17.2. The number of rotatable bonds is 4. The molecule has 1 aromatic carbocycles. The second-order valence-electron chi connectivity index (χ2n) is 6.56. The lowest BCUT2D eigenvalue weighted by Gasteiger charge is -2.20. The minimum Gasteiger partial charge on any atom is -0.393 e. The minimum atomic E-state index is -0.904. The Morgan fingerprint density at radius 1 is 1.20 bits per heavy atom. The van der Waals surface area contributed by atoms with E-state index < -0.39 is 6.10 Å². The second-order valence-corrected chi connectivity index (χ2v) is 6.56. The lowest BCUT2D eigenvalue weighted by molar-refractivity contribution is 0.0916. The Morgan fingerprint density at radius 3 is 3.00 bits per heavy atom. The van der Waals surface area contributed by atoms with Gasteiger partial charge in [0.25, 0.3) is 0 Å². The summed E-state index contributed by atoms with van der Waals surface area (Å²) in [5, 5.41) is 25.8. The van der Waals surface area contributed by atoms with E-state index >= 15 is 0 Å². The molecule has 0 fully saturated rings. The molecule has 6 nitrogen and oxygen atoms in total. The number of fused-ring (bicyclic) bond motifs is 2. The summed E-state index contributed by atoms with van der Waals surface area (Å²) in [6.45, 7) is 3.19. The predicted octanol–water partition coefficient (Wildman–Crippen LogP) is 1.86. The Hall–Kier alpha value is -2.28. The summed E-state index contributed by atoms with van der Waals surface area (Å²) in [6.07, 6.45) is 3.85. The van der Waals surface area contributed by atoms with Gasteiger partial charge in [0.05, 0.1) is 18.0 Å². The third-order valence-electron chi connectivity index (χ3n) is 4.79. The van der Waals surface area contributed by atoms with Crippen LogP contribution in [0.25, 0.3) is 10.8 Å². The molecule has 6 heteroatoms. The van der Waals surface area contributed by atoms with Crippen molar-refractivity contribution in [1.29, 1.82) is 0 Å². The summed E-state index contributed by atoms with van der Waals surface area (Å²) in [5.74, 6) is 0. The lowest BCUT2D eigenvalue weighted by atomic mass is 10.1. The third kappa shape index (κ3) is 3.28. The summed E-state index contributed by atoms with van der Waals surface area (Å²) in [5.41, 5.74) is 2.93. The maximum absolute atomic E-state index is 9.82. The van der Waals surface area contributed by atoms with Crippen molar-refractivity contribution < 1.29 is 10.2 Å². The molecular formula is C19H22N4O2. The van der Waals surface area contributed by atoms with Gasteiger partial charge < -0.3 is 10.2 Å². The molecule has 0 saturated carbocycles. The molecule has 1 atom stereocenters. The van der Waals surface area contributed by atoms with Crippen molar-refractivity contribution >= 4 is 10.8 Å². The summed E-state index contributed by atoms with van der Waals surface area (Å²) >= 11 is 0. The van der Waals surface area contributed by atoms with Crippen molar-refractivity contribution in [3.8, 4) is 0 Å². The highest BCUT2D eigenvalue weighted by molar-refractivity contribution is 5.84. The van der Waals surface area contributed by atoms with Gasteiger partial charge >= 0.3 is 0 Å². The number of benzene rings is 1. The standard InChI is InChI=1S/C19H22N4O2/c24-13-19(25)18-9-16-12-22(7-2-8-23(16)21-18)11-15-4-1-3-14-10-20-6-5-17(14)15/h1,3-6,9-10,19,24-25H,2,7-8,11-13H2/t19-/m1/s1. The number of aliphatic hydroxyl groups excluding tert-OH is 2. The van der Waals surface area contributed by atoms with E-state index in [1.54, 1.807) is 0 Å². The maximum Gasteiger partial charge on any atom is 0.121 e. The molecule has 4 rings (SSSR count). The first kappa shape index (κ1) is 16.2. The number of hydrogen-bond acceptors (Lipinski definition) is 5. The van der Waals surface area contributed by atoms with Gasteiger partial charge in [0.1, 0.15) is 6.10 Å². The Kier molecular flexibility index (Phi) is 4.48.